The van der Waals surface area contributed by atoms with Crippen molar-refractivity contribution >= 4 is 16.6 Å². The molecule has 1 saturated heterocycles. The maximum absolute atomic E-state index is 13.6. The fourth-order valence-corrected chi connectivity index (χ4v) is 4.58. The van der Waals surface area contributed by atoms with Crippen molar-refractivity contribution in [2.75, 3.05) is 13.1 Å². The third-order valence-corrected chi connectivity index (χ3v) is 5.59. The first kappa shape index (κ1) is 15.4. The van der Waals surface area contributed by atoms with Gasteiger partial charge in [0.05, 0.1) is 10.5 Å². The van der Waals surface area contributed by atoms with Crippen LogP contribution in [0.2, 0.25) is 0 Å². The van der Waals surface area contributed by atoms with Gasteiger partial charge in [-0.05, 0) is 16.3 Å². The van der Waals surface area contributed by atoms with Crippen LogP contribution in [-0.4, -0.2) is 28.7 Å². The molecule has 1 atom stereocenters. The normalized spacial score (nSPS) is 23.1. The van der Waals surface area contributed by atoms with E-state index in [1.807, 2.05) is 18.2 Å². The maximum Gasteiger partial charge on any atom is 0.309 e. The van der Waals surface area contributed by atoms with Crippen molar-refractivity contribution in [1.82, 2.24) is 10.2 Å². The highest BCUT2D eigenvalue weighted by Gasteiger charge is 2.64. The minimum Gasteiger partial charge on any atom is -0.384 e. The van der Waals surface area contributed by atoms with Crippen LogP contribution in [0.4, 0.5) is 0 Å². The van der Waals surface area contributed by atoms with Crippen molar-refractivity contribution in [3.05, 3.63) is 80.6 Å². The average Bonchev–Trinajstić information content (AvgIpc) is 3.23. The standard InChI is InChI=1S/C19H13N5O3/c20-9-13-17(21)23-8-7-22-18(23)15(24(26)27)19(13)12-6-2-4-10-3-1-5-11(14(10)12)16(19)25/h1-6,22H,7-8,21H2. The van der Waals surface area contributed by atoms with Crippen molar-refractivity contribution in [2.24, 2.45) is 5.73 Å². The molecule has 2 heterocycles. The fraction of sp³-hybridized carbons (Fsp3) is 0.158. The Morgan fingerprint density at radius 2 is 2.04 bits per heavy atom. The molecule has 1 unspecified atom stereocenters. The highest BCUT2D eigenvalue weighted by molar-refractivity contribution is 6.23. The molecule has 3 aliphatic rings. The number of Topliss-reactive ketones (excluding diaryl/α,β-unsaturated/α-hetero) is 1. The Morgan fingerprint density at radius 3 is 2.74 bits per heavy atom. The van der Waals surface area contributed by atoms with Crippen molar-refractivity contribution < 1.29 is 9.72 Å². The van der Waals surface area contributed by atoms with E-state index in [4.69, 9.17) is 5.73 Å². The Labute approximate surface area is 153 Å². The van der Waals surface area contributed by atoms with Crippen LogP contribution in [0.25, 0.3) is 10.8 Å². The van der Waals surface area contributed by atoms with Gasteiger partial charge < -0.3 is 16.0 Å². The van der Waals surface area contributed by atoms with E-state index in [0.29, 0.717) is 29.6 Å². The third kappa shape index (κ3) is 1.55. The predicted molar refractivity (Wildman–Crippen MR) is 95.5 cm³/mol. The zero-order valence-corrected chi connectivity index (χ0v) is 14.0. The van der Waals surface area contributed by atoms with Gasteiger partial charge in [0, 0.05) is 18.7 Å². The summed E-state index contributed by atoms with van der Waals surface area (Å²) in [7, 11) is 0. The van der Waals surface area contributed by atoms with Crippen LogP contribution in [0.3, 0.4) is 0 Å². The number of rotatable bonds is 1. The molecular formula is C19H13N5O3. The van der Waals surface area contributed by atoms with E-state index < -0.39 is 16.1 Å². The number of nitriles is 1. The van der Waals surface area contributed by atoms with Crippen molar-refractivity contribution in [3.63, 3.8) is 0 Å². The Kier molecular flexibility index (Phi) is 2.77. The lowest BCUT2D eigenvalue weighted by Crippen LogP contribution is -2.48. The Hall–Kier alpha value is -3.86. The summed E-state index contributed by atoms with van der Waals surface area (Å²) in [5.41, 5.74) is 4.80. The van der Waals surface area contributed by atoms with E-state index in [1.54, 1.807) is 24.3 Å². The summed E-state index contributed by atoms with van der Waals surface area (Å²) >= 11 is 0. The lowest BCUT2D eigenvalue weighted by atomic mass is 9.69. The predicted octanol–water partition coefficient (Wildman–Crippen LogP) is 1.33. The number of fused-ring (bicyclic) bond motifs is 2. The smallest absolute Gasteiger partial charge is 0.309 e. The van der Waals surface area contributed by atoms with Crippen LogP contribution in [0, 0.1) is 21.4 Å². The molecule has 3 N–H and O–H groups in total. The van der Waals surface area contributed by atoms with E-state index >= 15 is 0 Å². The van der Waals surface area contributed by atoms with Gasteiger partial charge in [-0.2, -0.15) is 5.26 Å². The second kappa shape index (κ2) is 4.86. The van der Waals surface area contributed by atoms with Crippen LogP contribution < -0.4 is 11.1 Å². The number of nitro groups is 1. The minimum absolute atomic E-state index is 0.0845. The lowest BCUT2D eigenvalue weighted by molar-refractivity contribution is -0.435. The zero-order valence-electron chi connectivity index (χ0n) is 14.0. The van der Waals surface area contributed by atoms with Gasteiger partial charge in [0.25, 0.3) is 0 Å². The molecule has 0 aromatic heterocycles. The number of nitrogens with one attached hydrogen (secondary N) is 1. The highest BCUT2D eigenvalue weighted by Crippen LogP contribution is 2.54. The molecule has 2 aliphatic heterocycles. The van der Waals surface area contributed by atoms with Crippen molar-refractivity contribution in [1.29, 1.82) is 5.26 Å². The van der Waals surface area contributed by atoms with Gasteiger partial charge in [-0.1, -0.05) is 36.4 Å². The zero-order chi connectivity index (χ0) is 18.9. The van der Waals surface area contributed by atoms with Gasteiger partial charge in [0.2, 0.25) is 0 Å². The van der Waals surface area contributed by atoms with Gasteiger partial charge >= 0.3 is 5.70 Å². The molecule has 8 heteroatoms. The molecule has 1 aliphatic carbocycles. The lowest BCUT2D eigenvalue weighted by Gasteiger charge is -2.35. The van der Waals surface area contributed by atoms with E-state index in [2.05, 4.69) is 5.32 Å². The third-order valence-electron chi connectivity index (χ3n) is 5.59. The molecule has 132 valence electrons. The van der Waals surface area contributed by atoms with Gasteiger partial charge in [0.15, 0.2) is 17.0 Å². The Bertz CT molecular complexity index is 1180. The SMILES string of the molecule is N#CC1=C(N)N2CCNC2=C([N+](=O)[O-])C12C(=O)c1cccc3cccc2c13. The molecule has 27 heavy (non-hydrogen) atoms. The highest BCUT2D eigenvalue weighted by atomic mass is 16.6. The topological polar surface area (TPSA) is 125 Å². The van der Waals surface area contributed by atoms with Crippen molar-refractivity contribution in [3.8, 4) is 6.07 Å². The number of benzene rings is 2. The van der Waals surface area contributed by atoms with Crippen molar-refractivity contribution in [2.45, 2.75) is 5.41 Å². The van der Waals surface area contributed by atoms with Crippen LogP contribution >= 0.6 is 0 Å². The quantitative estimate of drug-likeness (QED) is 0.581. The Morgan fingerprint density at radius 1 is 1.30 bits per heavy atom. The summed E-state index contributed by atoms with van der Waals surface area (Å²) < 4.78 is 0. The van der Waals surface area contributed by atoms with E-state index in [-0.39, 0.29) is 22.9 Å². The molecule has 1 spiro atoms. The van der Waals surface area contributed by atoms with E-state index in [9.17, 15) is 20.2 Å². The van der Waals surface area contributed by atoms with Gasteiger partial charge in [-0.25, -0.2) is 0 Å². The molecule has 0 bridgehead atoms. The number of carbonyl (C=O) groups excluding carboxylic acids is 1. The molecule has 2 aromatic rings. The van der Waals surface area contributed by atoms with Crippen LogP contribution in [0.15, 0.2) is 59.3 Å². The van der Waals surface area contributed by atoms with E-state index in [0.717, 1.165) is 5.39 Å². The summed E-state index contributed by atoms with van der Waals surface area (Å²) in [5, 5.41) is 26.5. The summed E-state index contributed by atoms with van der Waals surface area (Å²) in [6.07, 6.45) is 0. The maximum atomic E-state index is 13.6. The molecule has 8 nitrogen and oxygen atoms in total. The second-order valence-electron chi connectivity index (χ2n) is 6.69. The first-order valence-corrected chi connectivity index (χ1v) is 8.41. The number of allylic oxidation sites excluding steroid dienone is 1. The summed E-state index contributed by atoms with van der Waals surface area (Å²) in [5.74, 6) is -0.211. The molecule has 0 amide bonds. The molecule has 2 aromatic carbocycles. The number of hydrogen-bond donors (Lipinski definition) is 2. The Balaban J connectivity index is 2.00. The van der Waals surface area contributed by atoms with Crippen LogP contribution in [0.1, 0.15) is 15.9 Å². The number of nitrogens with two attached hydrogens (primary N) is 1. The number of nitrogens with zero attached hydrogens (tertiary/aromatic N) is 3. The fourth-order valence-electron chi connectivity index (χ4n) is 4.58. The first-order valence-electron chi connectivity index (χ1n) is 8.41. The van der Waals surface area contributed by atoms with Gasteiger partial charge in [0.1, 0.15) is 11.9 Å². The molecule has 5 rings (SSSR count). The number of hydrogen-bond acceptors (Lipinski definition) is 7. The molecule has 0 saturated carbocycles. The minimum atomic E-state index is -1.84. The van der Waals surface area contributed by atoms with Crippen LogP contribution in [0.5, 0.6) is 0 Å². The largest absolute Gasteiger partial charge is 0.384 e. The van der Waals surface area contributed by atoms with E-state index in [1.165, 1.54) is 4.90 Å². The van der Waals surface area contributed by atoms with Gasteiger partial charge in [-0.3, -0.25) is 14.9 Å². The second-order valence-corrected chi connectivity index (χ2v) is 6.69. The van der Waals surface area contributed by atoms with Crippen LogP contribution in [-0.2, 0) is 5.41 Å². The molecule has 0 radical (unpaired) electrons. The number of ketones is 1. The summed E-state index contributed by atoms with van der Waals surface area (Å²) in [6, 6.07) is 12.5. The molecule has 1 fully saturated rings. The summed E-state index contributed by atoms with van der Waals surface area (Å²) in [6.45, 7) is 0.832. The van der Waals surface area contributed by atoms with Gasteiger partial charge in [-0.15, -0.1) is 0 Å². The molecular weight excluding hydrogens is 346 g/mol. The first-order chi connectivity index (χ1) is 13.0. The summed E-state index contributed by atoms with van der Waals surface area (Å²) in [4.78, 5) is 26.8. The average molecular weight is 359 g/mol. The number of carbonyl (C=O) groups is 1. The monoisotopic (exact) mass is 359 g/mol.